The van der Waals surface area contributed by atoms with E-state index in [2.05, 4.69) is 42.8 Å². The third-order valence-corrected chi connectivity index (χ3v) is 4.66. The van der Waals surface area contributed by atoms with Crippen molar-refractivity contribution >= 4 is 5.91 Å². The molecule has 0 bridgehead atoms. The SMILES string of the molecule is CCC1NC(C(C)C)C(=O)N1CC1CCCN1CC. The van der Waals surface area contributed by atoms with Gasteiger partial charge in [0.1, 0.15) is 0 Å². The van der Waals surface area contributed by atoms with Crippen molar-refractivity contribution < 1.29 is 4.79 Å². The van der Waals surface area contributed by atoms with E-state index in [-0.39, 0.29) is 12.2 Å². The quantitative estimate of drug-likeness (QED) is 0.823. The second kappa shape index (κ2) is 6.23. The van der Waals surface area contributed by atoms with Gasteiger partial charge in [0.2, 0.25) is 5.91 Å². The Balaban J connectivity index is 2.03. The Hall–Kier alpha value is -0.610. The molecule has 4 heteroatoms. The lowest BCUT2D eigenvalue weighted by Gasteiger charge is -2.30. The molecule has 110 valence electrons. The second-order valence-corrected chi connectivity index (χ2v) is 6.23. The number of nitrogens with zero attached hydrogens (tertiary/aromatic N) is 2. The fourth-order valence-corrected chi connectivity index (χ4v) is 3.48. The zero-order valence-corrected chi connectivity index (χ0v) is 12.9. The smallest absolute Gasteiger partial charge is 0.241 e. The van der Waals surface area contributed by atoms with E-state index in [1.807, 2.05) is 0 Å². The molecule has 4 nitrogen and oxygen atoms in total. The average Bonchev–Trinajstić information content (AvgIpc) is 2.95. The minimum Gasteiger partial charge on any atom is -0.324 e. The molecule has 1 amide bonds. The maximum absolute atomic E-state index is 12.5. The molecule has 2 saturated heterocycles. The highest BCUT2D eigenvalue weighted by molar-refractivity contribution is 5.84. The Morgan fingerprint density at radius 1 is 1.37 bits per heavy atom. The molecule has 3 atom stereocenters. The van der Waals surface area contributed by atoms with Gasteiger partial charge in [0, 0.05) is 12.6 Å². The van der Waals surface area contributed by atoms with Crippen molar-refractivity contribution in [1.82, 2.24) is 15.1 Å². The van der Waals surface area contributed by atoms with Crippen LogP contribution in [-0.4, -0.2) is 53.6 Å². The molecule has 2 rings (SSSR count). The van der Waals surface area contributed by atoms with Crippen LogP contribution in [0.1, 0.15) is 47.0 Å². The van der Waals surface area contributed by atoms with Crippen molar-refractivity contribution in [3.8, 4) is 0 Å². The maximum atomic E-state index is 12.5. The summed E-state index contributed by atoms with van der Waals surface area (Å²) in [6.45, 7) is 11.8. The van der Waals surface area contributed by atoms with Crippen molar-refractivity contribution in [2.45, 2.75) is 65.2 Å². The first-order valence-corrected chi connectivity index (χ1v) is 7.89. The minimum atomic E-state index is 0.0152. The van der Waals surface area contributed by atoms with Crippen molar-refractivity contribution in [2.75, 3.05) is 19.6 Å². The highest BCUT2D eigenvalue weighted by atomic mass is 16.2. The molecule has 0 spiro atoms. The van der Waals surface area contributed by atoms with Gasteiger partial charge in [-0.15, -0.1) is 0 Å². The Labute approximate surface area is 117 Å². The number of likely N-dealkylation sites (tertiary alicyclic amines) is 1. The Morgan fingerprint density at radius 3 is 2.68 bits per heavy atom. The van der Waals surface area contributed by atoms with Gasteiger partial charge < -0.3 is 4.90 Å². The zero-order chi connectivity index (χ0) is 14.0. The first-order valence-electron chi connectivity index (χ1n) is 7.89. The van der Waals surface area contributed by atoms with Gasteiger partial charge in [-0.1, -0.05) is 27.7 Å². The highest BCUT2D eigenvalue weighted by Gasteiger charge is 2.41. The van der Waals surface area contributed by atoms with E-state index in [1.165, 1.54) is 19.4 Å². The minimum absolute atomic E-state index is 0.0152. The number of amides is 1. The van der Waals surface area contributed by atoms with Gasteiger partial charge >= 0.3 is 0 Å². The van der Waals surface area contributed by atoms with Crippen LogP contribution in [0.15, 0.2) is 0 Å². The van der Waals surface area contributed by atoms with Gasteiger partial charge in [-0.25, -0.2) is 0 Å². The number of carbonyl (C=O) groups is 1. The molecule has 2 aliphatic rings. The van der Waals surface area contributed by atoms with Crippen molar-refractivity contribution in [3.63, 3.8) is 0 Å². The summed E-state index contributed by atoms with van der Waals surface area (Å²) >= 11 is 0. The first-order chi connectivity index (χ1) is 9.08. The van der Waals surface area contributed by atoms with Gasteiger partial charge in [-0.2, -0.15) is 0 Å². The molecule has 2 heterocycles. The first kappa shape index (κ1) is 14.8. The molecule has 1 N–H and O–H groups in total. The monoisotopic (exact) mass is 267 g/mol. The largest absolute Gasteiger partial charge is 0.324 e. The van der Waals surface area contributed by atoms with Gasteiger partial charge in [0.05, 0.1) is 12.2 Å². The van der Waals surface area contributed by atoms with E-state index in [0.29, 0.717) is 17.9 Å². The fraction of sp³-hybridized carbons (Fsp3) is 0.933. The molecule has 2 fully saturated rings. The van der Waals surface area contributed by atoms with Crippen LogP contribution < -0.4 is 5.32 Å². The van der Waals surface area contributed by atoms with Crippen LogP contribution in [0.3, 0.4) is 0 Å². The highest BCUT2D eigenvalue weighted by Crippen LogP contribution is 2.23. The van der Waals surface area contributed by atoms with Gasteiger partial charge in [0.25, 0.3) is 0 Å². The van der Waals surface area contributed by atoms with Crippen molar-refractivity contribution in [2.24, 2.45) is 5.92 Å². The van der Waals surface area contributed by atoms with E-state index < -0.39 is 0 Å². The maximum Gasteiger partial charge on any atom is 0.241 e. The van der Waals surface area contributed by atoms with Gasteiger partial charge in [-0.3, -0.25) is 15.0 Å². The lowest BCUT2D eigenvalue weighted by atomic mass is 10.0. The van der Waals surface area contributed by atoms with E-state index in [9.17, 15) is 4.79 Å². The number of rotatable bonds is 5. The molecule has 0 aromatic rings. The van der Waals surface area contributed by atoms with E-state index >= 15 is 0 Å². The normalized spacial score (nSPS) is 32.8. The Morgan fingerprint density at radius 2 is 2.11 bits per heavy atom. The number of likely N-dealkylation sites (N-methyl/N-ethyl adjacent to an activating group) is 1. The Bertz CT molecular complexity index is 319. The standard InChI is InChI=1S/C15H29N3O/c1-5-13-16-14(11(3)4)15(19)18(13)10-12-8-7-9-17(12)6-2/h11-14,16H,5-10H2,1-4H3. The third-order valence-electron chi connectivity index (χ3n) is 4.66. The predicted octanol–water partition coefficient (Wildman–Crippen LogP) is 1.66. The molecular formula is C15H29N3O. The summed E-state index contributed by atoms with van der Waals surface area (Å²) in [6, 6.07) is 0.581. The summed E-state index contributed by atoms with van der Waals surface area (Å²) in [5.41, 5.74) is 0. The molecular weight excluding hydrogens is 238 g/mol. The van der Waals surface area contributed by atoms with Gasteiger partial charge in [0.15, 0.2) is 0 Å². The summed E-state index contributed by atoms with van der Waals surface area (Å²) in [6.07, 6.45) is 3.74. The number of nitrogens with one attached hydrogen (secondary N) is 1. The van der Waals surface area contributed by atoms with Crippen LogP contribution in [0.5, 0.6) is 0 Å². The van der Waals surface area contributed by atoms with Gasteiger partial charge in [-0.05, 0) is 38.3 Å². The summed E-state index contributed by atoms with van der Waals surface area (Å²) in [5, 5.41) is 3.50. The summed E-state index contributed by atoms with van der Waals surface area (Å²) in [4.78, 5) is 17.2. The van der Waals surface area contributed by atoms with Crippen LogP contribution in [0, 0.1) is 5.92 Å². The topological polar surface area (TPSA) is 35.6 Å². The summed E-state index contributed by atoms with van der Waals surface area (Å²) in [7, 11) is 0. The van der Waals surface area contributed by atoms with Crippen LogP contribution in [-0.2, 0) is 4.79 Å². The molecule has 0 radical (unpaired) electrons. The average molecular weight is 267 g/mol. The number of hydrogen-bond donors (Lipinski definition) is 1. The molecule has 0 aromatic carbocycles. The van der Waals surface area contributed by atoms with Crippen LogP contribution in [0.4, 0.5) is 0 Å². The summed E-state index contributed by atoms with van der Waals surface area (Å²) in [5.74, 6) is 0.683. The lowest BCUT2D eigenvalue weighted by molar-refractivity contribution is -0.131. The zero-order valence-electron chi connectivity index (χ0n) is 12.9. The molecule has 3 unspecified atom stereocenters. The molecule has 2 aliphatic heterocycles. The molecule has 0 aromatic heterocycles. The van der Waals surface area contributed by atoms with E-state index in [0.717, 1.165) is 19.5 Å². The number of hydrogen-bond acceptors (Lipinski definition) is 3. The van der Waals surface area contributed by atoms with Crippen molar-refractivity contribution in [1.29, 1.82) is 0 Å². The number of carbonyl (C=O) groups excluding carboxylic acids is 1. The van der Waals surface area contributed by atoms with Crippen LogP contribution >= 0.6 is 0 Å². The van der Waals surface area contributed by atoms with E-state index in [4.69, 9.17) is 0 Å². The van der Waals surface area contributed by atoms with Crippen molar-refractivity contribution in [3.05, 3.63) is 0 Å². The van der Waals surface area contributed by atoms with Crippen LogP contribution in [0.25, 0.3) is 0 Å². The Kier molecular flexibility index (Phi) is 4.85. The third kappa shape index (κ3) is 2.95. The van der Waals surface area contributed by atoms with E-state index in [1.54, 1.807) is 0 Å². The lowest BCUT2D eigenvalue weighted by Crippen LogP contribution is -2.45. The molecule has 0 aliphatic carbocycles. The fourth-order valence-electron chi connectivity index (χ4n) is 3.48. The molecule has 0 saturated carbocycles. The molecule has 19 heavy (non-hydrogen) atoms. The van der Waals surface area contributed by atoms with Crippen LogP contribution in [0.2, 0.25) is 0 Å². The predicted molar refractivity (Wildman–Crippen MR) is 77.8 cm³/mol. The second-order valence-electron chi connectivity index (χ2n) is 6.23. The summed E-state index contributed by atoms with van der Waals surface area (Å²) < 4.78 is 0.